The van der Waals surface area contributed by atoms with Crippen LogP contribution in [0, 0.1) is 0 Å². The van der Waals surface area contributed by atoms with Gasteiger partial charge in [0.05, 0.1) is 20.3 Å². The number of rotatable bonds is 4. The molecule has 4 heteroatoms. The Kier molecular flexibility index (Phi) is 3.14. The van der Waals surface area contributed by atoms with Gasteiger partial charge >= 0.3 is 0 Å². The van der Waals surface area contributed by atoms with Crippen molar-refractivity contribution in [3.05, 3.63) is 29.3 Å². The average molecular weight is 222 g/mol. The molecule has 4 nitrogen and oxygen atoms in total. The normalized spacial score (nSPS) is 17.9. The lowest BCUT2D eigenvalue weighted by atomic mass is 9.86. The van der Waals surface area contributed by atoms with Crippen molar-refractivity contribution in [3.8, 4) is 5.75 Å². The van der Waals surface area contributed by atoms with E-state index in [9.17, 15) is 0 Å². The van der Waals surface area contributed by atoms with Gasteiger partial charge in [0.15, 0.2) is 0 Å². The zero-order valence-corrected chi connectivity index (χ0v) is 9.75. The topological polar surface area (TPSA) is 56.5 Å². The zero-order valence-electron chi connectivity index (χ0n) is 9.75. The van der Waals surface area contributed by atoms with Crippen molar-refractivity contribution in [3.63, 3.8) is 0 Å². The number of hydrogen-bond acceptors (Lipinski definition) is 4. The highest BCUT2D eigenvalue weighted by molar-refractivity contribution is 5.43. The first kappa shape index (κ1) is 11.4. The third-order valence-corrected chi connectivity index (χ3v) is 3.16. The maximum Gasteiger partial charge on any atom is 0.124 e. The van der Waals surface area contributed by atoms with Crippen LogP contribution < -0.4 is 16.0 Å². The van der Waals surface area contributed by atoms with Crippen LogP contribution in [0.15, 0.2) is 18.2 Å². The molecule has 0 radical (unpaired) electrons. The molecule has 88 valence electrons. The molecule has 2 rings (SSSR count). The van der Waals surface area contributed by atoms with E-state index in [-0.39, 0.29) is 5.54 Å². The number of benzene rings is 1. The lowest BCUT2D eigenvalue weighted by Gasteiger charge is -2.41. The molecule has 1 aromatic carbocycles. The highest BCUT2D eigenvalue weighted by atomic mass is 16.5. The van der Waals surface area contributed by atoms with Crippen LogP contribution in [0.25, 0.3) is 0 Å². The largest absolute Gasteiger partial charge is 0.496 e. The number of hydrazine groups is 1. The Bertz CT molecular complexity index is 370. The molecule has 1 aromatic rings. The van der Waals surface area contributed by atoms with Crippen molar-refractivity contribution < 1.29 is 9.47 Å². The summed E-state index contributed by atoms with van der Waals surface area (Å²) in [5.41, 5.74) is 4.93. The van der Waals surface area contributed by atoms with E-state index in [4.69, 9.17) is 15.3 Å². The molecule has 1 aliphatic heterocycles. The Hall–Kier alpha value is -1.10. The summed E-state index contributed by atoms with van der Waals surface area (Å²) in [5, 5.41) is 0. The molecule has 0 unspecified atom stereocenters. The molecule has 1 fully saturated rings. The highest BCUT2D eigenvalue weighted by Gasteiger charge is 2.41. The van der Waals surface area contributed by atoms with Gasteiger partial charge in [-0.1, -0.05) is 19.1 Å². The number of aryl methyl sites for hydroxylation is 1. The molecule has 0 aliphatic carbocycles. The van der Waals surface area contributed by atoms with Gasteiger partial charge in [-0.2, -0.15) is 0 Å². The predicted octanol–water partition coefficient (Wildman–Crippen LogP) is 0.946. The van der Waals surface area contributed by atoms with Gasteiger partial charge < -0.3 is 9.47 Å². The predicted molar refractivity (Wildman–Crippen MR) is 62.2 cm³/mol. The first-order valence-electron chi connectivity index (χ1n) is 5.48. The molecule has 0 saturated carbocycles. The van der Waals surface area contributed by atoms with Crippen LogP contribution in [0.1, 0.15) is 18.1 Å². The van der Waals surface area contributed by atoms with E-state index in [0.717, 1.165) is 17.7 Å². The van der Waals surface area contributed by atoms with E-state index in [1.165, 1.54) is 5.56 Å². The van der Waals surface area contributed by atoms with Crippen LogP contribution in [0.5, 0.6) is 5.75 Å². The van der Waals surface area contributed by atoms with Gasteiger partial charge in [0.1, 0.15) is 11.3 Å². The second-order valence-corrected chi connectivity index (χ2v) is 4.11. The second-order valence-electron chi connectivity index (χ2n) is 4.11. The summed E-state index contributed by atoms with van der Waals surface area (Å²) in [7, 11) is 1.67. The lowest BCUT2D eigenvalue weighted by Crippen LogP contribution is -2.60. The Morgan fingerprint density at radius 2 is 2.25 bits per heavy atom. The van der Waals surface area contributed by atoms with E-state index in [1.54, 1.807) is 7.11 Å². The second kappa shape index (κ2) is 4.41. The molecular weight excluding hydrogens is 204 g/mol. The summed E-state index contributed by atoms with van der Waals surface area (Å²) in [6, 6.07) is 6.21. The highest BCUT2D eigenvalue weighted by Crippen LogP contribution is 2.35. The number of nitrogens with two attached hydrogens (primary N) is 1. The van der Waals surface area contributed by atoms with Gasteiger partial charge in [0, 0.05) is 5.56 Å². The minimum atomic E-state index is -0.281. The van der Waals surface area contributed by atoms with E-state index in [0.29, 0.717) is 13.2 Å². The molecule has 0 spiro atoms. The Labute approximate surface area is 95.7 Å². The van der Waals surface area contributed by atoms with E-state index < -0.39 is 0 Å². The van der Waals surface area contributed by atoms with Crippen LogP contribution >= 0.6 is 0 Å². The van der Waals surface area contributed by atoms with E-state index in [2.05, 4.69) is 24.5 Å². The summed E-state index contributed by atoms with van der Waals surface area (Å²) in [4.78, 5) is 0. The molecule has 0 bridgehead atoms. The fourth-order valence-corrected chi connectivity index (χ4v) is 1.97. The molecule has 1 aliphatic rings. The van der Waals surface area contributed by atoms with Crippen LogP contribution in [0.4, 0.5) is 0 Å². The third kappa shape index (κ3) is 1.69. The van der Waals surface area contributed by atoms with Gasteiger partial charge in [-0.3, -0.25) is 5.84 Å². The van der Waals surface area contributed by atoms with Crippen LogP contribution in [-0.2, 0) is 16.7 Å². The fraction of sp³-hybridized carbons (Fsp3) is 0.500. The monoisotopic (exact) mass is 222 g/mol. The SMILES string of the molecule is CCc1ccc(OC)c(C2(NN)COC2)c1. The molecule has 0 amide bonds. The number of hydrogen-bond donors (Lipinski definition) is 2. The molecule has 1 heterocycles. The van der Waals surface area contributed by atoms with Gasteiger partial charge in [-0.25, -0.2) is 5.43 Å². The average Bonchev–Trinajstić information content (AvgIpc) is 2.28. The minimum Gasteiger partial charge on any atom is -0.496 e. The molecule has 0 atom stereocenters. The number of methoxy groups -OCH3 is 1. The smallest absolute Gasteiger partial charge is 0.124 e. The fourth-order valence-electron chi connectivity index (χ4n) is 1.97. The number of nitrogens with one attached hydrogen (secondary N) is 1. The first-order valence-corrected chi connectivity index (χ1v) is 5.48. The quantitative estimate of drug-likeness (QED) is 0.588. The van der Waals surface area contributed by atoms with Gasteiger partial charge in [-0.15, -0.1) is 0 Å². The summed E-state index contributed by atoms with van der Waals surface area (Å²) in [5.74, 6) is 6.49. The summed E-state index contributed by atoms with van der Waals surface area (Å²) >= 11 is 0. The van der Waals surface area contributed by atoms with Crippen molar-refractivity contribution in [1.29, 1.82) is 0 Å². The maximum atomic E-state index is 5.63. The maximum absolute atomic E-state index is 5.63. The first-order chi connectivity index (χ1) is 7.75. The Balaban J connectivity index is 2.43. The molecule has 16 heavy (non-hydrogen) atoms. The minimum absolute atomic E-state index is 0.281. The summed E-state index contributed by atoms with van der Waals surface area (Å²) in [6.45, 7) is 3.31. The molecule has 0 aromatic heterocycles. The lowest BCUT2D eigenvalue weighted by molar-refractivity contribution is -0.0795. The van der Waals surface area contributed by atoms with Gasteiger partial charge in [0.2, 0.25) is 0 Å². The van der Waals surface area contributed by atoms with E-state index >= 15 is 0 Å². The van der Waals surface area contributed by atoms with Crippen molar-refractivity contribution in [2.24, 2.45) is 5.84 Å². The molecule has 3 N–H and O–H groups in total. The number of ether oxygens (including phenoxy) is 2. The standard InChI is InChI=1S/C12H18N2O2/c1-3-9-4-5-11(15-2)10(6-9)12(14-13)7-16-8-12/h4-6,14H,3,7-8,13H2,1-2H3. The van der Waals surface area contributed by atoms with E-state index in [1.807, 2.05) is 6.07 Å². The Morgan fingerprint density at radius 1 is 1.50 bits per heavy atom. The third-order valence-electron chi connectivity index (χ3n) is 3.16. The van der Waals surface area contributed by atoms with Crippen molar-refractivity contribution in [2.75, 3.05) is 20.3 Å². The van der Waals surface area contributed by atoms with Crippen LogP contribution in [0.2, 0.25) is 0 Å². The van der Waals surface area contributed by atoms with Crippen molar-refractivity contribution in [2.45, 2.75) is 18.9 Å². The Morgan fingerprint density at radius 3 is 2.69 bits per heavy atom. The van der Waals surface area contributed by atoms with Crippen LogP contribution in [-0.4, -0.2) is 20.3 Å². The van der Waals surface area contributed by atoms with Crippen LogP contribution in [0.3, 0.4) is 0 Å². The molecular formula is C12H18N2O2. The summed E-state index contributed by atoms with van der Waals surface area (Å²) < 4.78 is 10.6. The van der Waals surface area contributed by atoms with Gasteiger partial charge in [0.25, 0.3) is 0 Å². The molecule has 1 saturated heterocycles. The zero-order chi connectivity index (χ0) is 11.6. The van der Waals surface area contributed by atoms with Crippen molar-refractivity contribution in [1.82, 2.24) is 5.43 Å². The van der Waals surface area contributed by atoms with Crippen molar-refractivity contribution >= 4 is 0 Å². The summed E-state index contributed by atoms with van der Waals surface area (Å²) in [6.07, 6.45) is 0.999. The van der Waals surface area contributed by atoms with Gasteiger partial charge in [-0.05, 0) is 18.1 Å².